The normalized spacial score (nSPS) is 12.2. The van der Waals surface area contributed by atoms with Gasteiger partial charge in [-0.05, 0) is 43.4 Å². The minimum Gasteiger partial charge on any atom is -0.355 e. The first-order valence-corrected chi connectivity index (χ1v) is 8.50. The Hall–Kier alpha value is -2.92. The fourth-order valence-electron chi connectivity index (χ4n) is 2.59. The lowest BCUT2D eigenvalue weighted by Gasteiger charge is -2.24. The lowest BCUT2D eigenvalue weighted by Crippen LogP contribution is -2.33. The number of benzene rings is 2. The molecule has 5 heteroatoms. The van der Waals surface area contributed by atoms with Gasteiger partial charge >= 0.3 is 0 Å². The molecule has 2 N–H and O–H groups in total. The van der Waals surface area contributed by atoms with E-state index in [0.29, 0.717) is 12.1 Å². The Kier molecular flexibility index (Phi) is 7.12. The van der Waals surface area contributed by atoms with E-state index in [0.717, 1.165) is 11.1 Å². The Labute approximate surface area is 154 Å². The molecule has 0 fully saturated rings. The lowest BCUT2D eigenvalue weighted by atomic mass is 10.1. The molecule has 2 aromatic carbocycles. The summed E-state index contributed by atoms with van der Waals surface area (Å²) in [5.41, 5.74) is 2.61. The van der Waals surface area contributed by atoms with Gasteiger partial charge in [-0.1, -0.05) is 42.5 Å². The number of carbonyl (C=O) groups is 2. The van der Waals surface area contributed by atoms with Crippen molar-refractivity contribution in [1.29, 1.82) is 0 Å². The molecule has 1 unspecified atom stereocenters. The Morgan fingerprint density at radius 1 is 1.04 bits per heavy atom. The van der Waals surface area contributed by atoms with Crippen LogP contribution in [0.5, 0.6) is 0 Å². The van der Waals surface area contributed by atoms with Gasteiger partial charge in [-0.2, -0.15) is 0 Å². The zero-order chi connectivity index (χ0) is 18.9. The number of likely N-dealkylation sites (N-methyl/N-ethyl adjacent to an activating group) is 1. The molecule has 2 amide bonds. The van der Waals surface area contributed by atoms with E-state index in [2.05, 4.69) is 27.7 Å². The van der Waals surface area contributed by atoms with Crippen LogP contribution in [0.15, 0.2) is 60.7 Å². The smallest absolute Gasteiger partial charge is 0.251 e. The van der Waals surface area contributed by atoms with E-state index in [-0.39, 0.29) is 17.9 Å². The molecule has 0 aliphatic rings. The van der Waals surface area contributed by atoms with Crippen LogP contribution in [0.3, 0.4) is 0 Å². The predicted molar refractivity (Wildman–Crippen MR) is 105 cm³/mol. The van der Waals surface area contributed by atoms with Crippen molar-refractivity contribution < 1.29 is 9.59 Å². The van der Waals surface area contributed by atoms with Gasteiger partial charge < -0.3 is 15.5 Å². The van der Waals surface area contributed by atoms with Crippen molar-refractivity contribution >= 4 is 17.9 Å². The molecule has 26 heavy (non-hydrogen) atoms. The van der Waals surface area contributed by atoms with Crippen molar-refractivity contribution in [2.24, 2.45) is 0 Å². The first-order valence-electron chi connectivity index (χ1n) is 8.50. The summed E-state index contributed by atoms with van der Waals surface area (Å²) in [6.45, 7) is 0.524. The molecule has 0 aliphatic heterocycles. The Bertz CT molecular complexity index is 753. The number of rotatable bonds is 7. The molecular weight excluding hydrogens is 326 g/mol. The zero-order valence-electron chi connectivity index (χ0n) is 15.4. The predicted octanol–water partition coefficient (Wildman–Crippen LogP) is 2.48. The van der Waals surface area contributed by atoms with E-state index < -0.39 is 0 Å². The van der Waals surface area contributed by atoms with Crippen molar-refractivity contribution in [3.63, 3.8) is 0 Å². The van der Waals surface area contributed by atoms with Crippen LogP contribution in [0.25, 0.3) is 6.08 Å². The van der Waals surface area contributed by atoms with E-state index in [9.17, 15) is 9.59 Å². The highest BCUT2D eigenvalue weighted by atomic mass is 16.2. The maximum absolute atomic E-state index is 12.1. The average Bonchev–Trinajstić information content (AvgIpc) is 2.67. The molecule has 5 nitrogen and oxygen atoms in total. The molecule has 136 valence electrons. The monoisotopic (exact) mass is 351 g/mol. The van der Waals surface area contributed by atoms with Crippen LogP contribution in [0.2, 0.25) is 0 Å². The first-order chi connectivity index (χ1) is 12.5. The fraction of sp³-hybridized carbons (Fsp3) is 0.238. The van der Waals surface area contributed by atoms with Gasteiger partial charge in [0.1, 0.15) is 0 Å². The van der Waals surface area contributed by atoms with Gasteiger partial charge in [0.25, 0.3) is 5.91 Å². The molecule has 2 aromatic rings. The highest BCUT2D eigenvalue weighted by Crippen LogP contribution is 2.16. The second-order valence-electron chi connectivity index (χ2n) is 6.17. The maximum atomic E-state index is 12.1. The van der Waals surface area contributed by atoms with Crippen molar-refractivity contribution in [1.82, 2.24) is 15.5 Å². The topological polar surface area (TPSA) is 61.4 Å². The highest BCUT2D eigenvalue weighted by Gasteiger charge is 2.14. The van der Waals surface area contributed by atoms with Crippen molar-refractivity contribution in [2.45, 2.75) is 6.04 Å². The zero-order valence-corrected chi connectivity index (χ0v) is 15.4. The van der Waals surface area contributed by atoms with Gasteiger partial charge in [0, 0.05) is 25.2 Å². The third kappa shape index (κ3) is 5.57. The molecule has 0 aliphatic carbocycles. The van der Waals surface area contributed by atoms with Gasteiger partial charge in [0.2, 0.25) is 5.91 Å². The van der Waals surface area contributed by atoms with E-state index >= 15 is 0 Å². The van der Waals surface area contributed by atoms with Crippen molar-refractivity contribution in [3.05, 3.63) is 77.4 Å². The second-order valence-corrected chi connectivity index (χ2v) is 6.17. The summed E-state index contributed by atoms with van der Waals surface area (Å²) in [7, 11) is 5.58. The summed E-state index contributed by atoms with van der Waals surface area (Å²) in [4.78, 5) is 25.7. The van der Waals surface area contributed by atoms with E-state index in [4.69, 9.17) is 0 Å². The first kappa shape index (κ1) is 19.4. The van der Waals surface area contributed by atoms with E-state index in [1.165, 1.54) is 6.08 Å². The number of hydrogen-bond acceptors (Lipinski definition) is 3. The Morgan fingerprint density at radius 2 is 1.69 bits per heavy atom. The molecule has 0 spiro atoms. The van der Waals surface area contributed by atoms with Gasteiger partial charge in [0.05, 0.1) is 6.04 Å². The quantitative estimate of drug-likeness (QED) is 0.754. The largest absolute Gasteiger partial charge is 0.355 e. The summed E-state index contributed by atoms with van der Waals surface area (Å²) >= 11 is 0. The lowest BCUT2D eigenvalue weighted by molar-refractivity contribution is -0.116. The summed E-state index contributed by atoms with van der Waals surface area (Å²) in [5.74, 6) is -0.280. The number of carbonyl (C=O) groups excluding carboxylic acids is 2. The number of amides is 2. The standard InChI is InChI=1S/C21H25N3O2/c1-22-21(26)18-12-9-16(10-13-18)11-14-20(25)23-15-19(24(2)3)17-7-5-4-6-8-17/h4-14,19H,15H2,1-3H3,(H,22,26)(H,23,25)/b14-11+. The number of nitrogens with one attached hydrogen (secondary N) is 2. The average molecular weight is 351 g/mol. The summed E-state index contributed by atoms with van der Waals surface area (Å²) in [6, 6.07) is 17.3. The minimum absolute atomic E-state index is 0.111. The Balaban J connectivity index is 1.93. The van der Waals surface area contributed by atoms with E-state index in [1.54, 1.807) is 37.4 Å². The third-order valence-electron chi connectivity index (χ3n) is 4.10. The molecule has 2 rings (SSSR count). The van der Waals surface area contributed by atoms with Crippen LogP contribution in [0, 0.1) is 0 Å². The molecule has 1 atom stereocenters. The van der Waals surface area contributed by atoms with Crippen molar-refractivity contribution in [3.8, 4) is 0 Å². The second kappa shape index (κ2) is 9.53. The SMILES string of the molecule is CNC(=O)c1ccc(/C=C/C(=O)NCC(c2ccccc2)N(C)C)cc1. The van der Waals surface area contributed by atoms with Crippen LogP contribution in [-0.2, 0) is 4.79 Å². The van der Waals surface area contributed by atoms with Gasteiger partial charge in [-0.3, -0.25) is 9.59 Å². The minimum atomic E-state index is -0.150. The molecule has 0 radical (unpaired) electrons. The molecule has 0 saturated heterocycles. The van der Waals surface area contributed by atoms with Gasteiger partial charge in [-0.25, -0.2) is 0 Å². The fourth-order valence-corrected chi connectivity index (χ4v) is 2.59. The molecule has 0 saturated carbocycles. The number of hydrogen-bond donors (Lipinski definition) is 2. The summed E-state index contributed by atoms with van der Waals surface area (Å²) in [6.07, 6.45) is 3.24. The van der Waals surface area contributed by atoms with Crippen LogP contribution < -0.4 is 10.6 Å². The van der Waals surface area contributed by atoms with E-state index in [1.807, 2.05) is 32.3 Å². The van der Waals surface area contributed by atoms with Gasteiger partial charge in [-0.15, -0.1) is 0 Å². The summed E-state index contributed by atoms with van der Waals surface area (Å²) < 4.78 is 0. The molecule has 0 bridgehead atoms. The van der Waals surface area contributed by atoms with Crippen LogP contribution >= 0.6 is 0 Å². The summed E-state index contributed by atoms with van der Waals surface area (Å²) in [5, 5.41) is 5.52. The van der Waals surface area contributed by atoms with Gasteiger partial charge in [0.15, 0.2) is 0 Å². The number of nitrogens with zero attached hydrogens (tertiary/aromatic N) is 1. The van der Waals surface area contributed by atoms with Crippen LogP contribution in [0.4, 0.5) is 0 Å². The maximum Gasteiger partial charge on any atom is 0.251 e. The third-order valence-corrected chi connectivity index (χ3v) is 4.10. The molecule has 0 heterocycles. The molecule has 0 aromatic heterocycles. The van der Waals surface area contributed by atoms with Crippen LogP contribution in [0.1, 0.15) is 27.5 Å². The van der Waals surface area contributed by atoms with Crippen molar-refractivity contribution in [2.75, 3.05) is 27.7 Å². The molecular formula is C21H25N3O2. The Morgan fingerprint density at radius 3 is 2.27 bits per heavy atom. The van der Waals surface area contributed by atoms with Crippen LogP contribution in [-0.4, -0.2) is 44.4 Å². The highest BCUT2D eigenvalue weighted by molar-refractivity contribution is 5.94.